The van der Waals surface area contributed by atoms with Gasteiger partial charge in [0.05, 0.1) is 23.1 Å². The van der Waals surface area contributed by atoms with Crippen LogP contribution in [-0.4, -0.2) is 21.8 Å². The monoisotopic (exact) mass is 404 g/mol. The third-order valence-electron chi connectivity index (χ3n) is 4.16. The van der Waals surface area contributed by atoms with E-state index >= 15 is 0 Å². The van der Waals surface area contributed by atoms with E-state index in [0.29, 0.717) is 33.0 Å². The zero-order valence-electron chi connectivity index (χ0n) is 14.9. The van der Waals surface area contributed by atoms with Crippen LogP contribution in [0.4, 0.5) is 0 Å². The van der Waals surface area contributed by atoms with Crippen molar-refractivity contribution in [3.8, 4) is 28.4 Å². The van der Waals surface area contributed by atoms with Crippen molar-refractivity contribution in [2.75, 3.05) is 13.4 Å². The van der Waals surface area contributed by atoms with Crippen LogP contribution in [0.3, 0.4) is 0 Å². The zero-order valence-corrected chi connectivity index (χ0v) is 16.5. The van der Waals surface area contributed by atoms with E-state index in [4.69, 9.17) is 20.8 Å². The average Bonchev–Trinajstić information content (AvgIpc) is 2.64. The number of methoxy groups -OCH3 is 1. The summed E-state index contributed by atoms with van der Waals surface area (Å²) in [4.78, 5) is 13.2. The zero-order chi connectivity index (χ0) is 19.8. The first-order valence-electron chi connectivity index (χ1n) is 8.00. The Morgan fingerprint density at radius 2 is 1.52 bits per heavy atom. The van der Waals surface area contributed by atoms with Crippen LogP contribution in [0.2, 0.25) is 5.02 Å². The Kier molecular flexibility index (Phi) is 5.13. The molecule has 27 heavy (non-hydrogen) atoms. The van der Waals surface area contributed by atoms with Crippen molar-refractivity contribution < 1.29 is 17.6 Å². The van der Waals surface area contributed by atoms with Crippen molar-refractivity contribution in [1.82, 2.24) is 0 Å². The molecule has 0 atom stereocenters. The van der Waals surface area contributed by atoms with Crippen LogP contribution in [0.5, 0.6) is 5.95 Å². The van der Waals surface area contributed by atoms with Crippen molar-refractivity contribution in [3.63, 3.8) is 0 Å². The fourth-order valence-corrected chi connectivity index (χ4v) is 3.49. The molecule has 5 nitrogen and oxygen atoms in total. The molecule has 0 amide bonds. The van der Waals surface area contributed by atoms with Crippen LogP contribution in [-0.2, 0) is 9.84 Å². The van der Waals surface area contributed by atoms with E-state index in [1.165, 1.54) is 19.2 Å². The summed E-state index contributed by atoms with van der Waals surface area (Å²) in [7, 11) is -1.91. The van der Waals surface area contributed by atoms with Crippen LogP contribution in [0.1, 0.15) is 5.56 Å². The highest BCUT2D eigenvalue weighted by Gasteiger charge is 2.20. The molecular weight excluding hydrogens is 388 g/mol. The highest BCUT2D eigenvalue weighted by atomic mass is 35.5. The summed E-state index contributed by atoms with van der Waals surface area (Å²) in [6, 6.07) is 13.0. The van der Waals surface area contributed by atoms with Gasteiger partial charge in [0.25, 0.3) is 5.95 Å². The number of hydrogen-bond acceptors (Lipinski definition) is 5. The van der Waals surface area contributed by atoms with Crippen molar-refractivity contribution in [3.05, 3.63) is 69.3 Å². The van der Waals surface area contributed by atoms with Gasteiger partial charge in [-0.05, 0) is 48.9 Å². The Bertz CT molecular complexity index is 1140. The molecule has 7 heteroatoms. The maximum atomic E-state index is 13.0. The lowest BCUT2D eigenvalue weighted by atomic mass is 9.99. The van der Waals surface area contributed by atoms with E-state index in [-0.39, 0.29) is 16.3 Å². The highest BCUT2D eigenvalue weighted by molar-refractivity contribution is 7.90. The molecule has 3 rings (SSSR count). The maximum Gasteiger partial charge on any atom is 0.291 e. The molecule has 0 spiro atoms. The largest absolute Gasteiger partial charge is 0.468 e. The predicted octanol–water partition coefficient (Wildman–Crippen LogP) is 4.35. The Balaban J connectivity index is 2.29. The van der Waals surface area contributed by atoms with Crippen LogP contribution in [0.15, 0.2) is 62.6 Å². The van der Waals surface area contributed by atoms with Crippen molar-refractivity contribution >= 4 is 21.4 Å². The third kappa shape index (κ3) is 3.77. The van der Waals surface area contributed by atoms with Gasteiger partial charge in [-0.2, -0.15) is 0 Å². The van der Waals surface area contributed by atoms with Crippen molar-refractivity contribution in [1.29, 1.82) is 0 Å². The van der Waals surface area contributed by atoms with E-state index in [9.17, 15) is 13.2 Å². The molecule has 0 aliphatic heterocycles. The molecule has 3 aromatic rings. The molecule has 0 aliphatic carbocycles. The molecule has 140 valence electrons. The van der Waals surface area contributed by atoms with Crippen molar-refractivity contribution in [2.24, 2.45) is 0 Å². The molecule has 2 aromatic carbocycles. The lowest BCUT2D eigenvalue weighted by Crippen LogP contribution is -2.11. The van der Waals surface area contributed by atoms with Gasteiger partial charge in [-0.25, -0.2) is 8.42 Å². The first-order valence-corrected chi connectivity index (χ1v) is 10.3. The number of rotatable bonds is 4. The van der Waals surface area contributed by atoms with Gasteiger partial charge >= 0.3 is 0 Å². The van der Waals surface area contributed by atoms with Crippen molar-refractivity contribution in [2.45, 2.75) is 11.8 Å². The van der Waals surface area contributed by atoms with E-state index in [0.717, 1.165) is 6.26 Å². The summed E-state index contributed by atoms with van der Waals surface area (Å²) in [6.45, 7) is 1.63. The van der Waals surface area contributed by atoms with Gasteiger partial charge in [-0.1, -0.05) is 23.7 Å². The van der Waals surface area contributed by atoms with Crippen LogP contribution >= 0.6 is 11.6 Å². The van der Waals surface area contributed by atoms with Gasteiger partial charge in [0.15, 0.2) is 15.3 Å². The lowest BCUT2D eigenvalue weighted by Gasteiger charge is -2.13. The van der Waals surface area contributed by atoms with Crippen LogP contribution < -0.4 is 10.2 Å². The molecule has 0 fully saturated rings. The maximum absolute atomic E-state index is 13.0. The van der Waals surface area contributed by atoms with E-state index < -0.39 is 9.84 Å². The summed E-state index contributed by atoms with van der Waals surface area (Å²) in [6.07, 6.45) is 1.14. The topological polar surface area (TPSA) is 73.6 Å². The molecule has 0 bridgehead atoms. The fourth-order valence-electron chi connectivity index (χ4n) is 2.73. The Hall–Kier alpha value is -2.57. The minimum Gasteiger partial charge on any atom is -0.468 e. The second-order valence-electron chi connectivity index (χ2n) is 6.06. The Morgan fingerprint density at radius 3 is 2.04 bits per heavy atom. The number of benzene rings is 2. The Morgan fingerprint density at radius 1 is 0.963 bits per heavy atom. The standard InChI is InChI=1S/C20H17ClO5S/c1-12-18(22)17(13-4-8-15(21)9-5-13)19(26-20(12)25-2)14-6-10-16(11-7-14)27(3,23)24/h4-11H,1-3H3. The number of ether oxygens (including phenoxy) is 1. The normalized spacial score (nSPS) is 11.4. The second kappa shape index (κ2) is 7.21. The summed E-state index contributed by atoms with van der Waals surface area (Å²) in [5, 5.41) is 0.549. The quantitative estimate of drug-likeness (QED) is 0.646. The number of hydrogen-bond donors (Lipinski definition) is 0. The predicted molar refractivity (Wildman–Crippen MR) is 105 cm³/mol. The summed E-state index contributed by atoms with van der Waals surface area (Å²) >= 11 is 5.96. The molecule has 0 radical (unpaired) electrons. The molecular formula is C20H17ClO5S. The first-order chi connectivity index (χ1) is 12.7. The lowest BCUT2D eigenvalue weighted by molar-refractivity contribution is 0.298. The molecule has 0 saturated heterocycles. The number of sulfone groups is 1. The minimum atomic E-state index is -3.33. The smallest absolute Gasteiger partial charge is 0.291 e. The van der Waals surface area contributed by atoms with E-state index in [1.807, 2.05) is 0 Å². The summed E-state index contributed by atoms with van der Waals surface area (Å²) in [5.41, 5.74) is 1.67. The molecule has 1 heterocycles. The summed E-state index contributed by atoms with van der Waals surface area (Å²) in [5.74, 6) is 0.407. The second-order valence-corrected chi connectivity index (χ2v) is 8.51. The van der Waals surface area contributed by atoms with Gasteiger partial charge < -0.3 is 9.15 Å². The van der Waals surface area contributed by atoms with Crippen LogP contribution in [0.25, 0.3) is 22.5 Å². The third-order valence-corrected chi connectivity index (χ3v) is 5.54. The van der Waals surface area contributed by atoms with Crippen LogP contribution in [0, 0.1) is 6.92 Å². The first kappa shape index (κ1) is 19.2. The number of halogens is 1. The fraction of sp³-hybridized carbons (Fsp3) is 0.150. The van der Waals surface area contributed by atoms with E-state index in [2.05, 4.69) is 0 Å². The molecule has 0 unspecified atom stereocenters. The highest BCUT2D eigenvalue weighted by Crippen LogP contribution is 2.34. The molecule has 0 saturated carbocycles. The Labute approximate surface area is 162 Å². The minimum absolute atomic E-state index is 0.111. The van der Waals surface area contributed by atoms with Gasteiger partial charge in [-0.15, -0.1) is 0 Å². The van der Waals surface area contributed by atoms with Gasteiger partial charge in [0.1, 0.15) is 5.76 Å². The van der Waals surface area contributed by atoms with E-state index in [1.54, 1.807) is 43.3 Å². The summed E-state index contributed by atoms with van der Waals surface area (Å²) < 4.78 is 34.4. The SMILES string of the molecule is COc1oc(-c2ccc(S(C)(=O)=O)cc2)c(-c2ccc(Cl)cc2)c(=O)c1C. The van der Waals surface area contributed by atoms with Gasteiger partial charge in [0.2, 0.25) is 0 Å². The van der Waals surface area contributed by atoms with Gasteiger partial charge in [-0.3, -0.25) is 4.79 Å². The molecule has 0 N–H and O–H groups in total. The average molecular weight is 405 g/mol. The molecule has 1 aromatic heterocycles. The molecule has 0 aliphatic rings. The van der Waals surface area contributed by atoms with Gasteiger partial charge in [0, 0.05) is 16.8 Å².